The van der Waals surface area contributed by atoms with Crippen molar-refractivity contribution >= 4 is 21.7 Å². The van der Waals surface area contributed by atoms with Crippen molar-refractivity contribution in [2.75, 3.05) is 25.7 Å². The number of hydrogen-bond acceptors (Lipinski definition) is 6. The summed E-state index contributed by atoms with van der Waals surface area (Å²) in [6.07, 6.45) is 1.08. The summed E-state index contributed by atoms with van der Waals surface area (Å²) in [6.45, 7) is 3.94. The van der Waals surface area contributed by atoms with Crippen molar-refractivity contribution in [1.82, 2.24) is 4.90 Å². The fourth-order valence-corrected chi connectivity index (χ4v) is 4.45. The summed E-state index contributed by atoms with van der Waals surface area (Å²) in [5.41, 5.74) is 1.75. The first-order chi connectivity index (χ1) is 13.7. The summed E-state index contributed by atoms with van der Waals surface area (Å²) in [7, 11) is -2.01. The number of carbonyl (C=O) groups excluding carboxylic acids is 2. The van der Waals surface area contributed by atoms with Gasteiger partial charge in [0.25, 0.3) is 11.8 Å². The van der Waals surface area contributed by atoms with E-state index in [1.807, 2.05) is 6.92 Å². The molecule has 154 valence electrons. The molecule has 0 fully saturated rings. The minimum Gasteiger partial charge on any atom is -0.493 e. The predicted molar refractivity (Wildman–Crippen MR) is 108 cm³/mol. The van der Waals surface area contributed by atoms with Crippen molar-refractivity contribution in [2.45, 2.75) is 19.9 Å². The Labute approximate surface area is 170 Å². The summed E-state index contributed by atoms with van der Waals surface area (Å²) in [4.78, 5) is 27.2. The maximum Gasteiger partial charge on any atom is 0.262 e. The SMILES string of the molecule is CCOc1cc([C@H](CS(C)(=O)=O)N2C(=O)c3cccc(C)c3C2=O)ccc1OC. The minimum absolute atomic E-state index is 0.284. The molecule has 2 aromatic carbocycles. The fourth-order valence-electron chi connectivity index (χ4n) is 3.53. The van der Waals surface area contributed by atoms with Crippen molar-refractivity contribution in [2.24, 2.45) is 0 Å². The highest BCUT2D eigenvalue weighted by Gasteiger charge is 2.42. The van der Waals surface area contributed by atoms with Crippen LogP contribution in [-0.4, -0.2) is 50.9 Å². The molecule has 8 heteroatoms. The van der Waals surface area contributed by atoms with Crippen LogP contribution in [0.3, 0.4) is 0 Å². The predicted octanol–water partition coefficient (Wildman–Crippen LogP) is 2.78. The minimum atomic E-state index is -3.51. The maximum atomic E-state index is 13.1. The van der Waals surface area contributed by atoms with Crippen LogP contribution in [-0.2, 0) is 9.84 Å². The van der Waals surface area contributed by atoms with Gasteiger partial charge in [-0.05, 0) is 43.2 Å². The molecule has 0 aliphatic carbocycles. The van der Waals surface area contributed by atoms with Gasteiger partial charge >= 0.3 is 0 Å². The van der Waals surface area contributed by atoms with E-state index in [-0.39, 0.29) is 5.56 Å². The van der Waals surface area contributed by atoms with Crippen LogP contribution in [0.2, 0.25) is 0 Å². The first-order valence-corrected chi connectivity index (χ1v) is 11.2. The van der Waals surface area contributed by atoms with Crippen molar-refractivity contribution in [3.05, 3.63) is 58.7 Å². The van der Waals surface area contributed by atoms with Crippen LogP contribution in [0.25, 0.3) is 0 Å². The number of ether oxygens (including phenoxy) is 2. The smallest absolute Gasteiger partial charge is 0.262 e. The monoisotopic (exact) mass is 417 g/mol. The standard InChI is InChI=1S/C21H23NO6S/c1-5-28-18-11-14(9-10-17(18)27-3)16(12-29(4,25)26)22-20(23)15-8-6-7-13(2)19(15)21(22)24/h6-11,16H,5,12H2,1-4H3/t16-/m0/s1. The van der Waals surface area contributed by atoms with Gasteiger partial charge in [0.1, 0.15) is 9.84 Å². The number of benzene rings is 2. The summed E-state index contributed by atoms with van der Waals surface area (Å²) in [6, 6.07) is 8.96. The van der Waals surface area contributed by atoms with E-state index < -0.39 is 33.4 Å². The van der Waals surface area contributed by atoms with E-state index in [1.54, 1.807) is 43.3 Å². The van der Waals surface area contributed by atoms with Gasteiger partial charge in [-0.1, -0.05) is 18.2 Å². The number of amides is 2. The third-order valence-electron chi connectivity index (χ3n) is 4.80. The Bertz CT molecular complexity index is 1080. The number of hydrogen-bond donors (Lipinski definition) is 0. The lowest BCUT2D eigenvalue weighted by molar-refractivity contribution is 0.0597. The normalized spacial score (nSPS) is 14.7. The lowest BCUT2D eigenvalue weighted by atomic mass is 10.0. The lowest BCUT2D eigenvalue weighted by Crippen LogP contribution is -2.37. The topological polar surface area (TPSA) is 90.0 Å². The number of methoxy groups -OCH3 is 1. The average molecular weight is 417 g/mol. The van der Waals surface area contributed by atoms with Gasteiger partial charge in [-0.3, -0.25) is 14.5 Å². The molecule has 7 nitrogen and oxygen atoms in total. The zero-order valence-electron chi connectivity index (χ0n) is 16.8. The van der Waals surface area contributed by atoms with Crippen LogP contribution in [0.4, 0.5) is 0 Å². The van der Waals surface area contributed by atoms with Gasteiger partial charge in [0.15, 0.2) is 11.5 Å². The molecule has 0 unspecified atom stereocenters. The van der Waals surface area contributed by atoms with Crippen LogP contribution in [0.5, 0.6) is 11.5 Å². The molecule has 1 aliphatic rings. The van der Waals surface area contributed by atoms with Crippen molar-refractivity contribution in [3.63, 3.8) is 0 Å². The van der Waals surface area contributed by atoms with E-state index in [2.05, 4.69) is 0 Å². The van der Waals surface area contributed by atoms with Crippen LogP contribution in [0.1, 0.15) is 44.8 Å². The molecule has 29 heavy (non-hydrogen) atoms. The van der Waals surface area contributed by atoms with Gasteiger partial charge in [-0.25, -0.2) is 8.42 Å². The zero-order valence-corrected chi connectivity index (χ0v) is 17.6. The number of fused-ring (bicyclic) bond motifs is 1. The second kappa shape index (κ2) is 7.87. The molecule has 0 saturated carbocycles. The van der Waals surface area contributed by atoms with Gasteiger partial charge in [-0.2, -0.15) is 0 Å². The molecular weight excluding hydrogens is 394 g/mol. The van der Waals surface area contributed by atoms with Gasteiger partial charge < -0.3 is 9.47 Å². The molecule has 0 bridgehead atoms. The van der Waals surface area contributed by atoms with Crippen LogP contribution in [0, 0.1) is 6.92 Å². The summed E-state index contributed by atoms with van der Waals surface area (Å²) >= 11 is 0. The molecule has 0 aromatic heterocycles. The van der Waals surface area contributed by atoms with Gasteiger partial charge in [-0.15, -0.1) is 0 Å². The Morgan fingerprint density at radius 2 is 1.79 bits per heavy atom. The van der Waals surface area contributed by atoms with Crippen molar-refractivity contribution in [1.29, 1.82) is 0 Å². The molecular formula is C21H23NO6S. The fraction of sp³-hybridized carbons (Fsp3) is 0.333. The summed E-state index contributed by atoms with van der Waals surface area (Å²) < 4.78 is 35.2. The molecule has 3 rings (SSSR count). The number of imide groups is 1. The molecule has 2 aromatic rings. The van der Waals surface area contributed by atoms with Crippen LogP contribution in [0.15, 0.2) is 36.4 Å². The number of nitrogens with zero attached hydrogens (tertiary/aromatic N) is 1. The lowest BCUT2D eigenvalue weighted by Gasteiger charge is -2.27. The first kappa shape index (κ1) is 20.9. The maximum absolute atomic E-state index is 13.1. The van der Waals surface area contributed by atoms with E-state index in [9.17, 15) is 18.0 Å². The molecule has 0 saturated heterocycles. The number of aryl methyl sites for hydroxylation is 1. The highest BCUT2D eigenvalue weighted by molar-refractivity contribution is 7.90. The Kier molecular flexibility index (Phi) is 5.66. The van der Waals surface area contributed by atoms with Crippen molar-refractivity contribution < 1.29 is 27.5 Å². The Balaban J connectivity index is 2.13. The third kappa shape index (κ3) is 3.98. The quantitative estimate of drug-likeness (QED) is 0.644. The first-order valence-electron chi connectivity index (χ1n) is 9.14. The molecule has 1 atom stereocenters. The van der Waals surface area contributed by atoms with E-state index in [1.165, 1.54) is 7.11 Å². The Morgan fingerprint density at radius 1 is 1.07 bits per heavy atom. The molecule has 1 aliphatic heterocycles. The second-order valence-corrected chi connectivity index (χ2v) is 9.11. The molecule has 2 amide bonds. The molecule has 0 spiro atoms. The van der Waals surface area contributed by atoms with E-state index >= 15 is 0 Å². The number of carbonyl (C=O) groups is 2. The molecule has 1 heterocycles. The van der Waals surface area contributed by atoms with E-state index in [4.69, 9.17) is 9.47 Å². The Morgan fingerprint density at radius 3 is 2.38 bits per heavy atom. The summed E-state index contributed by atoms with van der Waals surface area (Å²) in [5.74, 6) is -0.498. The van der Waals surface area contributed by atoms with E-state index in [0.29, 0.717) is 34.8 Å². The van der Waals surface area contributed by atoms with Crippen LogP contribution < -0.4 is 9.47 Å². The second-order valence-electron chi connectivity index (χ2n) is 6.93. The number of sulfone groups is 1. The average Bonchev–Trinajstić information content (AvgIpc) is 2.91. The van der Waals surface area contributed by atoms with E-state index in [0.717, 1.165) is 11.2 Å². The van der Waals surface area contributed by atoms with Crippen LogP contribution >= 0.6 is 0 Å². The van der Waals surface area contributed by atoms with Gasteiger partial charge in [0, 0.05) is 6.26 Å². The van der Waals surface area contributed by atoms with Crippen molar-refractivity contribution in [3.8, 4) is 11.5 Å². The largest absolute Gasteiger partial charge is 0.493 e. The highest BCUT2D eigenvalue weighted by atomic mass is 32.2. The third-order valence-corrected chi connectivity index (χ3v) is 5.72. The highest BCUT2D eigenvalue weighted by Crippen LogP contribution is 2.37. The Hall–Kier alpha value is -2.87. The molecule has 0 N–H and O–H groups in total. The number of rotatable bonds is 7. The van der Waals surface area contributed by atoms with Gasteiger partial charge in [0.05, 0.1) is 36.6 Å². The van der Waals surface area contributed by atoms with Gasteiger partial charge in [0.2, 0.25) is 0 Å². The molecule has 0 radical (unpaired) electrons. The zero-order chi connectivity index (χ0) is 21.3. The summed E-state index contributed by atoms with van der Waals surface area (Å²) in [5, 5.41) is 0.